The van der Waals surface area contributed by atoms with Crippen molar-refractivity contribution >= 4 is 12.2 Å². The van der Waals surface area contributed by atoms with E-state index in [-0.39, 0.29) is 11.7 Å². The SMILES string of the molecule is Cc1c(-c2ccccc2F)[nH]c(C(C)C)nc1=S. The third-order valence-corrected chi connectivity index (χ3v) is 3.26. The number of nitrogens with zero attached hydrogens (tertiary/aromatic N) is 1. The van der Waals surface area contributed by atoms with Crippen LogP contribution >= 0.6 is 12.2 Å². The fourth-order valence-electron chi connectivity index (χ4n) is 1.76. The number of benzene rings is 1. The molecular weight excluding hydrogens is 247 g/mol. The number of hydrogen-bond donors (Lipinski definition) is 1. The van der Waals surface area contributed by atoms with Gasteiger partial charge in [-0.15, -0.1) is 0 Å². The monoisotopic (exact) mass is 262 g/mol. The summed E-state index contributed by atoms with van der Waals surface area (Å²) >= 11 is 5.24. The van der Waals surface area contributed by atoms with E-state index in [2.05, 4.69) is 9.97 Å². The maximum absolute atomic E-state index is 13.8. The number of hydrogen-bond acceptors (Lipinski definition) is 2. The van der Waals surface area contributed by atoms with Crippen molar-refractivity contribution in [2.75, 3.05) is 0 Å². The standard InChI is InChI=1S/C14H15FN2S/c1-8(2)13-16-12(9(3)14(18)17-13)10-6-4-5-7-11(10)15/h4-8H,1-3H3,(H,16,17,18). The minimum absolute atomic E-state index is 0.220. The summed E-state index contributed by atoms with van der Waals surface area (Å²) in [5.74, 6) is 0.744. The first kappa shape index (κ1) is 12.9. The third-order valence-electron chi connectivity index (χ3n) is 2.86. The second-order valence-corrected chi connectivity index (χ2v) is 4.95. The molecule has 1 aromatic heterocycles. The first-order valence-corrected chi connectivity index (χ1v) is 6.27. The fourth-order valence-corrected chi connectivity index (χ4v) is 1.96. The minimum atomic E-state index is -0.257. The Kier molecular flexibility index (Phi) is 3.57. The summed E-state index contributed by atoms with van der Waals surface area (Å²) in [7, 11) is 0. The van der Waals surface area contributed by atoms with Crippen LogP contribution in [0.2, 0.25) is 0 Å². The maximum Gasteiger partial charge on any atom is 0.133 e. The van der Waals surface area contributed by atoms with Gasteiger partial charge in [-0.05, 0) is 19.1 Å². The Hall–Kier alpha value is -1.55. The zero-order chi connectivity index (χ0) is 13.3. The quantitative estimate of drug-likeness (QED) is 0.814. The molecule has 2 aromatic rings. The molecule has 2 nitrogen and oxygen atoms in total. The molecule has 4 heteroatoms. The molecule has 0 saturated carbocycles. The molecule has 0 unspecified atom stereocenters. The van der Waals surface area contributed by atoms with Crippen LogP contribution in [0.25, 0.3) is 11.3 Å². The van der Waals surface area contributed by atoms with Gasteiger partial charge in [0.15, 0.2) is 0 Å². The van der Waals surface area contributed by atoms with Gasteiger partial charge in [0, 0.05) is 17.0 Å². The number of rotatable bonds is 2. The molecule has 1 aromatic carbocycles. The Morgan fingerprint density at radius 3 is 2.56 bits per heavy atom. The molecule has 94 valence electrons. The molecule has 0 atom stereocenters. The van der Waals surface area contributed by atoms with Crippen molar-refractivity contribution in [2.45, 2.75) is 26.7 Å². The lowest BCUT2D eigenvalue weighted by Crippen LogP contribution is -2.03. The lowest BCUT2D eigenvalue weighted by Gasteiger charge is -2.12. The normalized spacial score (nSPS) is 10.9. The maximum atomic E-state index is 13.8. The molecule has 0 aliphatic carbocycles. The number of halogens is 1. The van der Waals surface area contributed by atoms with Crippen LogP contribution in [-0.2, 0) is 0 Å². The smallest absolute Gasteiger partial charge is 0.133 e. The highest BCUT2D eigenvalue weighted by molar-refractivity contribution is 7.71. The second-order valence-electron chi connectivity index (χ2n) is 4.56. The minimum Gasteiger partial charge on any atom is -0.343 e. The number of nitrogens with one attached hydrogen (secondary N) is 1. The molecule has 0 amide bonds. The van der Waals surface area contributed by atoms with Crippen LogP contribution in [0.5, 0.6) is 0 Å². The largest absolute Gasteiger partial charge is 0.343 e. The van der Waals surface area contributed by atoms with Crippen molar-refractivity contribution in [3.63, 3.8) is 0 Å². The number of H-pyrrole nitrogens is 1. The summed E-state index contributed by atoms with van der Waals surface area (Å²) in [6.45, 7) is 5.90. The molecule has 0 saturated heterocycles. The van der Waals surface area contributed by atoms with Gasteiger partial charge < -0.3 is 4.98 Å². The fraction of sp³-hybridized carbons (Fsp3) is 0.286. The van der Waals surface area contributed by atoms with E-state index in [0.717, 1.165) is 17.1 Å². The van der Waals surface area contributed by atoms with Crippen LogP contribution in [0.1, 0.15) is 31.2 Å². The average Bonchev–Trinajstić information content (AvgIpc) is 2.33. The van der Waals surface area contributed by atoms with Gasteiger partial charge in [0.2, 0.25) is 0 Å². The summed E-state index contributed by atoms with van der Waals surface area (Å²) in [5, 5.41) is 0. The van der Waals surface area contributed by atoms with Crippen LogP contribution in [0.3, 0.4) is 0 Å². The van der Waals surface area contributed by atoms with Crippen molar-refractivity contribution in [2.24, 2.45) is 0 Å². The molecule has 1 N–H and O–H groups in total. The highest BCUT2D eigenvalue weighted by Gasteiger charge is 2.12. The molecular formula is C14H15FN2S. The van der Waals surface area contributed by atoms with Gasteiger partial charge in [0.25, 0.3) is 0 Å². The van der Waals surface area contributed by atoms with E-state index in [1.165, 1.54) is 6.07 Å². The van der Waals surface area contributed by atoms with E-state index >= 15 is 0 Å². The van der Waals surface area contributed by atoms with E-state index in [0.29, 0.717) is 10.2 Å². The van der Waals surface area contributed by atoms with Crippen LogP contribution in [0.4, 0.5) is 4.39 Å². The first-order valence-electron chi connectivity index (χ1n) is 5.86. The Labute approximate surface area is 111 Å². The summed E-state index contributed by atoms with van der Waals surface area (Å²) in [6, 6.07) is 6.67. The summed E-state index contributed by atoms with van der Waals surface area (Å²) in [5.41, 5.74) is 2.06. The Morgan fingerprint density at radius 1 is 1.28 bits per heavy atom. The van der Waals surface area contributed by atoms with Crippen LogP contribution in [0.15, 0.2) is 24.3 Å². The second kappa shape index (κ2) is 4.98. The molecule has 0 aliphatic rings. The van der Waals surface area contributed by atoms with E-state index in [1.54, 1.807) is 12.1 Å². The highest BCUT2D eigenvalue weighted by atomic mass is 32.1. The first-order chi connectivity index (χ1) is 8.50. The lowest BCUT2D eigenvalue weighted by atomic mass is 10.1. The van der Waals surface area contributed by atoms with Gasteiger partial charge in [-0.2, -0.15) is 0 Å². The van der Waals surface area contributed by atoms with Gasteiger partial charge in [0.05, 0.1) is 5.69 Å². The molecule has 0 fully saturated rings. The van der Waals surface area contributed by atoms with E-state index < -0.39 is 0 Å². The van der Waals surface area contributed by atoms with E-state index in [9.17, 15) is 4.39 Å². The summed E-state index contributed by atoms with van der Waals surface area (Å²) < 4.78 is 14.4. The van der Waals surface area contributed by atoms with Crippen molar-refractivity contribution < 1.29 is 4.39 Å². The number of aromatic nitrogens is 2. The molecule has 2 rings (SSSR count). The average molecular weight is 262 g/mol. The van der Waals surface area contributed by atoms with E-state index in [4.69, 9.17) is 12.2 Å². The van der Waals surface area contributed by atoms with Crippen LogP contribution in [0, 0.1) is 17.4 Å². The zero-order valence-corrected chi connectivity index (χ0v) is 11.4. The van der Waals surface area contributed by atoms with Gasteiger partial charge >= 0.3 is 0 Å². The highest BCUT2D eigenvalue weighted by Crippen LogP contribution is 2.25. The predicted octanol–water partition coefficient (Wildman–Crippen LogP) is 4.38. The molecule has 18 heavy (non-hydrogen) atoms. The molecule has 0 spiro atoms. The molecule has 0 aliphatic heterocycles. The molecule has 0 radical (unpaired) electrons. The number of aromatic amines is 1. The van der Waals surface area contributed by atoms with Crippen LogP contribution < -0.4 is 0 Å². The van der Waals surface area contributed by atoms with Crippen molar-refractivity contribution in [3.8, 4) is 11.3 Å². The van der Waals surface area contributed by atoms with Crippen molar-refractivity contribution in [1.82, 2.24) is 9.97 Å². The Morgan fingerprint density at radius 2 is 1.94 bits per heavy atom. The predicted molar refractivity (Wildman–Crippen MR) is 73.6 cm³/mol. The molecule has 1 heterocycles. The van der Waals surface area contributed by atoms with Crippen molar-refractivity contribution in [3.05, 3.63) is 46.1 Å². The van der Waals surface area contributed by atoms with Gasteiger partial charge in [-0.25, -0.2) is 9.37 Å². The topological polar surface area (TPSA) is 28.7 Å². The van der Waals surface area contributed by atoms with Gasteiger partial charge in [-0.3, -0.25) is 0 Å². The Bertz CT molecular complexity index is 632. The van der Waals surface area contributed by atoms with Crippen molar-refractivity contribution in [1.29, 1.82) is 0 Å². The zero-order valence-electron chi connectivity index (χ0n) is 10.6. The van der Waals surface area contributed by atoms with E-state index in [1.807, 2.05) is 26.8 Å². The summed E-state index contributed by atoms with van der Waals surface area (Å²) in [6.07, 6.45) is 0. The van der Waals surface area contributed by atoms with Crippen LogP contribution in [-0.4, -0.2) is 9.97 Å². The van der Waals surface area contributed by atoms with Gasteiger partial charge in [-0.1, -0.05) is 38.2 Å². The third kappa shape index (κ3) is 2.34. The van der Waals surface area contributed by atoms with Gasteiger partial charge in [0.1, 0.15) is 16.3 Å². The summed E-state index contributed by atoms with van der Waals surface area (Å²) in [4.78, 5) is 7.52. The molecule has 0 bridgehead atoms. The Balaban J connectivity index is 2.71. The lowest BCUT2D eigenvalue weighted by molar-refractivity contribution is 0.630.